The van der Waals surface area contributed by atoms with Crippen LogP contribution in [-0.4, -0.2) is 18.3 Å². The normalized spacial score (nSPS) is 10.7. The summed E-state index contributed by atoms with van der Waals surface area (Å²) in [7, 11) is 0. The second-order valence-corrected chi connectivity index (χ2v) is 4.15. The zero-order valence-corrected chi connectivity index (χ0v) is 9.57. The highest BCUT2D eigenvalue weighted by molar-refractivity contribution is 5.27. The first kappa shape index (κ1) is 12.1. The lowest BCUT2D eigenvalue weighted by molar-refractivity contribution is 0.201. The Morgan fingerprint density at radius 1 is 1.20 bits per heavy atom. The standard InChI is InChI=1S/C13H20O2/c1-11(2)3-4-12-5-7-13(8-6-12)15-10-9-14/h5-8,11,14H,3-4,9-10H2,1-2H3. The average molecular weight is 208 g/mol. The smallest absolute Gasteiger partial charge is 0.119 e. The van der Waals surface area contributed by atoms with Gasteiger partial charge in [0.1, 0.15) is 12.4 Å². The van der Waals surface area contributed by atoms with E-state index < -0.39 is 0 Å². The minimum Gasteiger partial charge on any atom is -0.491 e. The summed E-state index contributed by atoms with van der Waals surface area (Å²) in [5.41, 5.74) is 1.35. The van der Waals surface area contributed by atoms with Gasteiger partial charge in [0.25, 0.3) is 0 Å². The van der Waals surface area contributed by atoms with Crippen molar-refractivity contribution in [3.8, 4) is 5.75 Å². The summed E-state index contributed by atoms with van der Waals surface area (Å²) in [5.74, 6) is 1.58. The number of aliphatic hydroxyl groups excluding tert-OH is 1. The monoisotopic (exact) mass is 208 g/mol. The van der Waals surface area contributed by atoms with Gasteiger partial charge in [-0.25, -0.2) is 0 Å². The molecule has 15 heavy (non-hydrogen) atoms. The van der Waals surface area contributed by atoms with Crippen LogP contribution in [0.5, 0.6) is 5.75 Å². The van der Waals surface area contributed by atoms with E-state index in [1.54, 1.807) is 0 Å². The summed E-state index contributed by atoms with van der Waals surface area (Å²) in [4.78, 5) is 0. The molecule has 0 aliphatic carbocycles. The van der Waals surface area contributed by atoms with E-state index in [4.69, 9.17) is 9.84 Å². The van der Waals surface area contributed by atoms with Crippen molar-refractivity contribution in [2.45, 2.75) is 26.7 Å². The predicted octanol–water partition coefficient (Wildman–Crippen LogP) is 2.65. The van der Waals surface area contributed by atoms with E-state index in [0.29, 0.717) is 6.61 Å². The molecule has 0 atom stereocenters. The molecule has 0 saturated heterocycles. The molecule has 84 valence electrons. The molecule has 2 heteroatoms. The van der Waals surface area contributed by atoms with Gasteiger partial charge in [-0.15, -0.1) is 0 Å². The second-order valence-electron chi connectivity index (χ2n) is 4.15. The molecule has 1 aromatic carbocycles. The van der Waals surface area contributed by atoms with Crippen LogP contribution < -0.4 is 4.74 Å². The van der Waals surface area contributed by atoms with Gasteiger partial charge in [0.2, 0.25) is 0 Å². The van der Waals surface area contributed by atoms with Crippen molar-refractivity contribution >= 4 is 0 Å². The fourth-order valence-electron chi connectivity index (χ4n) is 1.37. The maximum absolute atomic E-state index is 8.60. The van der Waals surface area contributed by atoms with Crippen LogP contribution in [0.1, 0.15) is 25.8 Å². The number of hydrogen-bond donors (Lipinski definition) is 1. The molecule has 1 rings (SSSR count). The number of aryl methyl sites for hydroxylation is 1. The van der Waals surface area contributed by atoms with Crippen LogP contribution in [0.15, 0.2) is 24.3 Å². The number of benzene rings is 1. The van der Waals surface area contributed by atoms with E-state index >= 15 is 0 Å². The Bertz CT molecular complexity index is 264. The topological polar surface area (TPSA) is 29.5 Å². The minimum atomic E-state index is 0.0646. The molecule has 0 amide bonds. The van der Waals surface area contributed by atoms with Crippen LogP contribution in [0.2, 0.25) is 0 Å². The molecule has 1 N–H and O–H groups in total. The molecule has 0 aliphatic rings. The number of rotatable bonds is 6. The molecule has 0 spiro atoms. The van der Waals surface area contributed by atoms with E-state index in [1.807, 2.05) is 12.1 Å². The Morgan fingerprint density at radius 3 is 2.40 bits per heavy atom. The first-order valence-corrected chi connectivity index (χ1v) is 5.55. The summed E-state index contributed by atoms with van der Waals surface area (Å²) in [6, 6.07) is 8.11. The Kier molecular flexibility index (Phi) is 5.19. The quantitative estimate of drug-likeness (QED) is 0.778. The zero-order chi connectivity index (χ0) is 11.1. The van der Waals surface area contributed by atoms with Crippen molar-refractivity contribution in [1.29, 1.82) is 0 Å². The van der Waals surface area contributed by atoms with Gasteiger partial charge >= 0.3 is 0 Å². The van der Waals surface area contributed by atoms with E-state index in [0.717, 1.165) is 18.1 Å². The maximum atomic E-state index is 8.60. The van der Waals surface area contributed by atoms with Gasteiger partial charge in [-0.2, -0.15) is 0 Å². The lowest BCUT2D eigenvalue weighted by atomic mass is 10.0. The molecule has 0 fully saturated rings. The lowest BCUT2D eigenvalue weighted by Gasteiger charge is -2.07. The molecular weight excluding hydrogens is 188 g/mol. The third-order valence-electron chi connectivity index (χ3n) is 2.29. The zero-order valence-electron chi connectivity index (χ0n) is 9.57. The van der Waals surface area contributed by atoms with Crippen LogP contribution in [0, 0.1) is 5.92 Å². The summed E-state index contributed by atoms with van der Waals surface area (Å²) < 4.78 is 5.29. The lowest BCUT2D eigenvalue weighted by Crippen LogP contribution is -2.01. The SMILES string of the molecule is CC(C)CCc1ccc(OCCO)cc1. The van der Waals surface area contributed by atoms with Crippen LogP contribution >= 0.6 is 0 Å². The molecule has 2 nitrogen and oxygen atoms in total. The summed E-state index contributed by atoms with van der Waals surface area (Å²) in [6.45, 7) is 4.90. The maximum Gasteiger partial charge on any atom is 0.119 e. The van der Waals surface area contributed by atoms with Crippen molar-refractivity contribution in [1.82, 2.24) is 0 Å². The van der Waals surface area contributed by atoms with Gasteiger partial charge in [-0.05, 0) is 36.5 Å². The van der Waals surface area contributed by atoms with Crippen molar-refractivity contribution < 1.29 is 9.84 Å². The summed E-state index contributed by atoms with van der Waals surface area (Å²) >= 11 is 0. The molecule has 0 aliphatic heterocycles. The average Bonchev–Trinajstić information content (AvgIpc) is 2.25. The Hall–Kier alpha value is -1.02. The van der Waals surface area contributed by atoms with Crippen LogP contribution in [0.4, 0.5) is 0 Å². The van der Waals surface area contributed by atoms with E-state index in [1.165, 1.54) is 12.0 Å². The molecule has 1 aromatic rings. The molecule has 0 saturated carbocycles. The van der Waals surface area contributed by atoms with Crippen molar-refractivity contribution in [2.75, 3.05) is 13.2 Å². The first-order chi connectivity index (χ1) is 7.22. The van der Waals surface area contributed by atoms with E-state index in [-0.39, 0.29) is 6.61 Å². The largest absolute Gasteiger partial charge is 0.491 e. The van der Waals surface area contributed by atoms with Crippen molar-refractivity contribution in [3.63, 3.8) is 0 Å². The van der Waals surface area contributed by atoms with E-state index in [2.05, 4.69) is 26.0 Å². The molecule has 0 radical (unpaired) electrons. The van der Waals surface area contributed by atoms with Gasteiger partial charge in [-0.1, -0.05) is 26.0 Å². The Balaban J connectivity index is 2.41. The second kappa shape index (κ2) is 6.46. The molecular formula is C13H20O2. The Labute approximate surface area is 91.9 Å². The van der Waals surface area contributed by atoms with Gasteiger partial charge in [-0.3, -0.25) is 0 Å². The van der Waals surface area contributed by atoms with Crippen LogP contribution in [-0.2, 0) is 6.42 Å². The predicted molar refractivity (Wildman–Crippen MR) is 62.2 cm³/mol. The van der Waals surface area contributed by atoms with Gasteiger partial charge < -0.3 is 9.84 Å². The van der Waals surface area contributed by atoms with Crippen molar-refractivity contribution in [2.24, 2.45) is 5.92 Å². The van der Waals surface area contributed by atoms with E-state index in [9.17, 15) is 0 Å². The highest BCUT2D eigenvalue weighted by Crippen LogP contribution is 2.14. The highest BCUT2D eigenvalue weighted by atomic mass is 16.5. The highest BCUT2D eigenvalue weighted by Gasteiger charge is 1.98. The fraction of sp³-hybridized carbons (Fsp3) is 0.538. The summed E-state index contributed by atoms with van der Waals surface area (Å²) in [6.07, 6.45) is 2.34. The van der Waals surface area contributed by atoms with Gasteiger partial charge in [0, 0.05) is 0 Å². The molecule has 0 unspecified atom stereocenters. The number of aliphatic hydroxyl groups is 1. The van der Waals surface area contributed by atoms with Gasteiger partial charge in [0.15, 0.2) is 0 Å². The molecule has 0 aromatic heterocycles. The number of ether oxygens (including phenoxy) is 1. The van der Waals surface area contributed by atoms with Crippen LogP contribution in [0.3, 0.4) is 0 Å². The summed E-state index contributed by atoms with van der Waals surface area (Å²) in [5, 5.41) is 8.60. The third kappa shape index (κ3) is 4.84. The molecule has 0 heterocycles. The van der Waals surface area contributed by atoms with Gasteiger partial charge in [0.05, 0.1) is 6.61 Å². The molecule has 0 bridgehead atoms. The van der Waals surface area contributed by atoms with Crippen LogP contribution in [0.25, 0.3) is 0 Å². The first-order valence-electron chi connectivity index (χ1n) is 5.55. The third-order valence-corrected chi connectivity index (χ3v) is 2.29. The minimum absolute atomic E-state index is 0.0646. The van der Waals surface area contributed by atoms with Crippen molar-refractivity contribution in [3.05, 3.63) is 29.8 Å². The Morgan fingerprint density at radius 2 is 1.87 bits per heavy atom. The number of hydrogen-bond acceptors (Lipinski definition) is 2. The fourth-order valence-corrected chi connectivity index (χ4v) is 1.37.